The van der Waals surface area contributed by atoms with E-state index in [0.717, 1.165) is 15.8 Å². The van der Waals surface area contributed by atoms with Crippen LogP contribution in [0.2, 0.25) is 0 Å². The second-order valence-corrected chi connectivity index (χ2v) is 9.52. The quantitative estimate of drug-likeness (QED) is 0.522. The Labute approximate surface area is 178 Å². The molecule has 1 amide bonds. The number of anilines is 1. The summed E-state index contributed by atoms with van der Waals surface area (Å²) in [5.74, 6) is -0.437. The molecule has 0 radical (unpaired) electrons. The zero-order valence-corrected chi connectivity index (χ0v) is 18.0. The van der Waals surface area contributed by atoms with Crippen LogP contribution in [0.1, 0.15) is 15.9 Å². The second kappa shape index (κ2) is 7.89. The smallest absolute Gasteiger partial charge is 0.279 e. The third kappa shape index (κ3) is 4.05. The van der Waals surface area contributed by atoms with E-state index in [0.29, 0.717) is 16.1 Å². The molecule has 1 N–H and O–H groups in total. The van der Waals surface area contributed by atoms with Gasteiger partial charge in [-0.1, -0.05) is 47.2 Å². The Morgan fingerprint density at radius 3 is 2.47 bits per heavy atom. The van der Waals surface area contributed by atoms with Gasteiger partial charge in [0.05, 0.1) is 15.1 Å². The van der Waals surface area contributed by atoms with E-state index in [4.69, 9.17) is 0 Å². The molecule has 3 aromatic carbocycles. The van der Waals surface area contributed by atoms with E-state index in [1.165, 1.54) is 17.4 Å². The van der Waals surface area contributed by atoms with E-state index in [1.807, 2.05) is 42.8 Å². The van der Waals surface area contributed by atoms with Gasteiger partial charge in [-0.05, 0) is 49.4 Å². The maximum Gasteiger partial charge on any atom is 0.279 e. The van der Waals surface area contributed by atoms with E-state index >= 15 is 0 Å². The molecule has 30 heavy (non-hydrogen) atoms. The molecule has 0 fully saturated rings. The number of sulfonamides is 1. The number of para-hydroxylation sites is 1. The minimum atomic E-state index is -3.75. The van der Waals surface area contributed by atoms with Gasteiger partial charge in [-0.15, -0.1) is 0 Å². The van der Waals surface area contributed by atoms with Gasteiger partial charge in [0.1, 0.15) is 0 Å². The Hall–Kier alpha value is -3.23. The van der Waals surface area contributed by atoms with Gasteiger partial charge in [-0.3, -0.25) is 9.52 Å². The molecule has 0 bridgehead atoms. The highest BCUT2D eigenvalue weighted by Crippen LogP contribution is 2.19. The lowest BCUT2D eigenvalue weighted by atomic mass is 10.2. The lowest BCUT2D eigenvalue weighted by Gasteiger charge is -2.09. The fraction of sp³-hybridized carbons (Fsp3) is 0.0909. The number of aryl methyl sites for hydroxylation is 2. The summed E-state index contributed by atoms with van der Waals surface area (Å²) in [5.41, 5.74) is 2.57. The van der Waals surface area contributed by atoms with Crippen molar-refractivity contribution in [3.63, 3.8) is 0 Å². The van der Waals surface area contributed by atoms with Crippen LogP contribution in [0.15, 0.2) is 82.7 Å². The van der Waals surface area contributed by atoms with Crippen molar-refractivity contribution in [1.82, 2.24) is 4.57 Å². The van der Waals surface area contributed by atoms with E-state index in [-0.39, 0.29) is 4.90 Å². The maximum absolute atomic E-state index is 12.7. The number of amides is 1. The summed E-state index contributed by atoms with van der Waals surface area (Å²) in [6.07, 6.45) is 0. The minimum absolute atomic E-state index is 0.159. The standard InChI is InChI=1S/C22H19N3O3S2/c1-15-10-12-18(13-11-15)30(27,28)24-17-7-5-6-16(14-17)21(26)23-22-25(2)19-8-3-4-9-20(19)29-22/h3-14,24H,1-2H3. The zero-order valence-electron chi connectivity index (χ0n) is 16.4. The number of hydrogen-bond acceptors (Lipinski definition) is 4. The van der Waals surface area contributed by atoms with Crippen molar-refractivity contribution in [2.45, 2.75) is 11.8 Å². The number of carbonyl (C=O) groups excluding carboxylic acids is 1. The predicted octanol–water partition coefficient (Wildman–Crippen LogP) is 4.09. The van der Waals surface area contributed by atoms with Gasteiger partial charge in [0.15, 0.2) is 4.80 Å². The molecule has 0 aliphatic heterocycles. The van der Waals surface area contributed by atoms with Crippen LogP contribution in [0, 0.1) is 6.92 Å². The number of rotatable bonds is 4. The molecule has 152 valence electrons. The van der Waals surface area contributed by atoms with Crippen molar-refractivity contribution in [3.05, 3.63) is 88.7 Å². The van der Waals surface area contributed by atoms with Crippen LogP contribution in [0.5, 0.6) is 0 Å². The fourth-order valence-corrected chi connectivity index (χ4v) is 5.05. The average molecular weight is 438 g/mol. The molecule has 1 heterocycles. The molecule has 0 saturated heterocycles. The van der Waals surface area contributed by atoms with Crippen molar-refractivity contribution >= 4 is 43.2 Å². The van der Waals surface area contributed by atoms with Gasteiger partial charge < -0.3 is 4.57 Å². The van der Waals surface area contributed by atoms with Gasteiger partial charge in [0.2, 0.25) is 0 Å². The van der Waals surface area contributed by atoms with Gasteiger partial charge >= 0.3 is 0 Å². The molecule has 0 atom stereocenters. The summed E-state index contributed by atoms with van der Waals surface area (Å²) in [7, 11) is -1.89. The molecule has 0 spiro atoms. The summed E-state index contributed by atoms with van der Waals surface area (Å²) >= 11 is 1.42. The molecular weight excluding hydrogens is 418 g/mol. The lowest BCUT2D eigenvalue weighted by Crippen LogP contribution is -2.14. The van der Waals surface area contributed by atoms with E-state index in [9.17, 15) is 13.2 Å². The number of thiazole rings is 1. The van der Waals surface area contributed by atoms with Gasteiger partial charge in [0.25, 0.3) is 15.9 Å². The van der Waals surface area contributed by atoms with Gasteiger partial charge in [0, 0.05) is 18.3 Å². The fourth-order valence-electron chi connectivity index (χ4n) is 2.99. The number of benzene rings is 3. The van der Waals surface area contributed by atoms with E-state index in [2.05, 4.69) is 9.71 Å². The molecule has 4 aromatic rings. The predicted molar refractivity (Wildman–Crippen MR) is 119 cm³/mol. The lowest BCUT2D eigenvalue weighted by molar-refractivity contribution is 0.0998. The number of nitrogens with one attached hydrogen (secondary N) is 1. The number of hydrogen-bond donors (Lipinski definition) is 1. The van der Waals surface area contributed by atoms with Crippen molar-refractivity contribution in [3.8, 4) is 0 Å². The van der Waals surface area contributed by atoms with E-state index < -0.39 is 15.9 Å². The number of aromatic nitrogens is 1. The molecule has 0 aliphatic rings. The summed E-state index contributed by atoms with van der Waals surface area (Å²) in [6.45, 7) is 1.89. The first-order valence-corrected chi connectivity index (χ1v) is 11.5. The highest BCUT2D eigenvalue weighted by Gasteiger charge is 2.15. The van der Waals surface area contributed by atoms with Gasteiger partial charge in [-0.25, -0.2) is 8.42 Å². The van der Waals surface area contributed by atoms with Crippen molar-refractivity contribution < 1.29 is 13.2 Å². The average Bonchev–Trinajstić information content (AvgIpc) is 3.04. The molecule has 6 nitrogen and oxygen atoms in total. The van der Waals surface area contributed by atoms with Crippen LogP contribution < -0.4 is 9.52 Å². The molecule has 0 saturated carbocycles. The summed E-state index contributed by atoms with van der Waals surface area (Å²) < 4.78 is 30.6. The Balaban J connectivity index is 1.63. The number of nitrogens with zero attached hydrogens (tertiary/aromatic N) is 2. The Morgan fingerprint density at radius 2 is 1.73 bits per heavy atom. The highest BCUT2D eigenvalue weighted by atomic mass is 32.2. The Kier molecular flexibility index (Phi) is 5.27. The molecule has 0 aliphatic carbocycles. The SMILES string of the molecule is Cc1ccc(S(=O)(=O)Nc2cccc(C(=O)N=c3sc4ccccc4n3C)c2)cc1. The molecular formula is C22H19N3O3S2. The van der Waals surface area contributed by atoms with Crippen LogP contribution in [-0.4, -0.2) is 18.9 Å². The maximum atomic E-state index is 12.7. The Bertz CT molecular complexity index is 1420. The van der Waals surface area contributed by atoms with Gasteiger partial charge in [-0.2, -0.15) is 4.99 Å². The van der Waals surface area contributed by atoms with Crippen molar-refractivity contribution in [2.24, 2.45) is 12.0 Å². The van der Waals surface area contributed by atoms with Crippen LogP contribution in [-0.2, 0) is 17.1 Å². The summed E-state index contributed by atoms with van der Waals surface area (Å²) in [4.78, 5) is 17.7. The normalized spacial score (nSPS) is 12.3. The van der Waals surface area contributed by atoms with Crippen molar-refractivity contribution in [2.75, 3.05) is 4.72 Å². The van der Waals surface area contributed by atoms with Crippen LogP contribution in [0.3, 0.4) is 0 Å². The topological polar surface area (TPSA) is 80.5 Å². The highest BCUT2D eigenvalue weighted by molar-refractivity contribution is 7.92. The third-order valence-corrected chi connectivity index (χ3v) is 7.12. The molecule has 4 rings (SSSR count). The Morgan fingerprint density at radius 1 is 1.00 bits per heavy atom. The molecule has 1 aromatic heterocycles. The summed E-state index contributed by atoms with van der Waals surface area (Å²) in [6, 6.07) is 20.7. The van der Waals surface area contributed by atoms with Crippen LogP contribution in [0.25, 0.3) is 10.2 Å². The summed E-state index contributed by atoms with van der Waals surface area (Å²) in [5, 5.41) is 0. The zero-order chi connectivity index (χ0) is 21.3. The molecule has 8 heteroatoms. The number of fused-ring (bicyclic) bond motifs is 1. The monoisotopic (exact) mass is 437 g/mol. The van der Waals surface area contributed by atoms with Crippen LogP contribution >= 0.6 is 11.3 Å². The van der Waals surface area contributed by atoms with Crippen LogP contribution in [0.4, 0.5) is 5.69 Å². The third-order valence-electron chi connectivity index (χ3n) is 4.60. The first kappa shape index (κ1) is 20.1. The van der Waals surface area contributed by atoms with Crippen molar-refractivity contribution in [1.29, 1.82) is 0 Å². The molecule has 0 unspecified atom stereocenters. The number of carbonyl (C=O) groups is 1. The largest absolute Gasteiger partial charge is 0.319 e. The first-order valence-electron chi connectivity index (χ1n) is 9.17. The van der Waals surface area contributed by atoms with E-state index in [1.54, 1.807) is 42.5 Å². The second-order valence-electron chi connectivity index (χ2n) is 6.83. The minimum Gasteiger partial charge on any atom is -0.319 e. The first-order chi connectivity index (χ1) is 14.3.